The van der Waals surface area contributed by atoms with Crippen LogP contribution in [-0.2, 0) is 4.74 Å². The van der Waals surface area contributed by atoms with Gasteiger partial charge in [0.05, 0.1) is 12.1 Å². The number of nitrogens with zero attached hydrogens (tertiary/aromatic N) is 1. The quantitative estimate of drug-likeness (QED) is 0.796. The van der Waals surface area contributed by atoms with Gasteiger partial charge in [-0.2, -0.15) is 0 Å². The van der Waals surface area contributed by atoms with Crippen LogP contribution in [0.15, 0.2) is 0 Å². The molecule has 0 bridgehead atoms. The van der Waals surface area contributed by atoms with Crippen molar-refractivity contribution in [2.75, 3.05) is 13.1 Å². The second-order valence-electron chi connectivity index (χ2n) is 5.89. The highest BCUT2D eigenvalue weighted by molar-refractivity contribution is 5.69. The predicted octanol–water partition coefficient (Wildman–Crippen LogP) is 1.63. The standard InChI is InChI=1S/C14H26N2O3/c1-2-16-10-11(19-13(16)17)6-5-9-14(18)8-4-3-7-12(14)15/h11-12,18H,2-10,15H2,1H3/t11-,12-,14+/m0/s1. The summed E-state index contributed by atoms with van der Waals surface area (Å²) in [5, 5.41) is 10.5. The maximum atomic E-state index is 11.4. The summed E-state index contributed by atoms with van der Waals surface area (Å²) in [6, 6.07) is -0.0977. The number of cyclic esters (lactones) is 1. The van der Waals surface area contributed by atoms with Crippen molar-refractivity contribution in [3.8, 4) is 0 Å². The highest BCUT2D eigenvalue weighted by Crippen LogP contribution is 2.32. The SMILES string of the molecule is CCN1C[C@H](CCC[C@]2(O)CCCC[C@@H]2N)OC1=O. The summed E-state index contributed by atoms with van der Waals surface area (Å²) < 4.78 is 5.29. The molecule has 5 heteroatoms. The number of hydrogen-bond acceptors (Lipinski definition) is 4. The van der Waals surface area contributed by atoms with Crippen LogP contribution in [0.25, 0.3) is 0 Å². The Hall–Kier alpha value is -0.810. The van der Waals surface area contributed by atoms with Gasteiger partial charge >= 0.3 is 6.09 Å². The van der Waals surface area contributed by atoms with E-state index in [0.717, 1.165) is 38.5 Å². The Labute approximate surface area is 115 Å². The van der Waals surface area contributed by atoms with E-state index in [0.29, 0.717) is 19.5 Å². The molecule has 1 saturated carbocycles. The Kier molecular flexibility index (Phi) is 4.68. The molecule has 2 aliphatic rings. The molecule has 1 aliphatic heterocycles. The van der Waals surface area contributed by atoms with Crippen LogP contribution in [0.3, 0.4) is 0 Å². The molecule has 0 unspecified atom stereocenters. The van der Waals surface area contributed by atoms with Gasteiger partial charge in [0.1, 0.15) is 6.10 Å². The summed E-state index contributed by atoms with van der Waals surface area (Å²) in [5.74, 6) is 0. The molecule has 5 nitrogen and oxygen atoms in total. The maximum absolute atomic E-state index is 11.4. The molecule has 110 valence electrons. The van der Waals surface area contributed by atoms with Crippen LogP contribution in [0.5, 0.6) is 0 Å². The molecule has 0 aromatic carbocycles. The lowest BCUT2D eigenvalue weighted by Gasteiger charge is -2.38. The zero-order valence-corrected chi connectivity index (χ0v) is 11.8. The smallest absolute Gasteiger partial charge is 0.410 e. The topological polar surface area (TPSA) is 75.8 Å². The van der Waals surface area contributed by atoms with Crippen LogP contribution in [0.1, 0.15) is 51.9 Å². The summed E-state index contributed by atoms with van der Waals surface area (Å²) >= 11 is 0. The summed E-state index contributed by atoms with van der Waals surface area (Å²) in [7, 11) is 0. The first kappa shape index (κ1) is 14.6. The summed E-state index contributed by atoms with van der Waals surface area (Å²) in [4.78, 5) is 13.1. The molecule has 0 radical (unpaired) electrons. The van der Waals surface area contributed by atoms with Gasteiger partial charge in [-0.3, -0.25) is 0 Å². The van der Waals surface area contributed by atoms with Gasteiger partial charge in [-0.1, -0.05) is 12.8 Å². The van der Waals surface area contributed by atoms with E-state index in [1.165, 1.54) is 0 Å². The first-order chi connectivity index (χ1) is 9.05. The van der Waals surface area contributed by atoms with Crippen molar-refractivity contribution in [2.45, 2.75) is 69.6 Å². The Morgan fingerprint density at radius 3 is 2.95 bits per heavy atom. The molecule has 1 saturated heterocycles. The predicted molar refractivity (Wildman–Crippen MR) is 72.8 cm³/mol. The lowest BCUT2D eigenvalue weighted by atomic mass is 9.77. The highest BCUT2D eigenvalue weighted by Gasteiger charge is 2.37. The highest BCUT2D eigenvalue weighted by atomic mass is 16.6. The Balaban J connectivity index is 1.73. The van der Waals surface area contributed by atoms with E-state index in [1.807, 2.05) is 6.92 Å². The molecule has 2 rings (SSSR count). The normalized spacial score (nSPS) is 35.5. The van der Waals surface area contributed by atoms with Crippen molar-refractivity contribution >= 4 is 6.09 Å². The fraction of sp³-hybridized carbons (Fsp3) is 0.929. The zero-order valence-electron chi connectivity index (χ0n) is 11.8. The Morgan fingerprint density at radius 2 is 2.32 bits per heavy atom. The monoisotopic (exact) mass is 270 g/mol. The molecule has 1 amide bonds. The lowest BCUT2D eigenvalue weighted by Crippen LogP contribution is -2.50. The van der Waals surface area contributed by atoms with Crippen LogP contribution >= 0.6 is 0 Å². The van der Waals surface area contributed by atoms with Crippen LogP contribution < -0.4 is 5.73 Å². The van der Waals surface area contributed by atoms with E-state index in [1.54, 1.807) is 4.90 Å². The van der Waals surface area contributed by atoms with Crippen LogP contribution in [0.2, 0.25) is 0 Å². The van der Waals surface area contributed by atoms with Gasteiger partial charge in [0.25, 0.3) is 0 Å². The molecule has 0 spiro atoms. The first-order valence-electron chi connectivity index (χ1n) is 7.48. The number of nitrogens with two attached hydrogens (primary N) is 1. The minimum absolute atomic E-state index is 0.0177. The number of aliphatic hydroxyl groups is 1. The van der Waals surface area contributed by atoms with E-state index < -0.39 is 5.60 Å². The number of carbonyl (C=O) groups is 1. The van der Waals surface area contributed by atoms with Crippen molar-refractivity contribution in [2.24, 2.45) is 5.73 Å². The molecule has 1 heterocycles. The van der Waals surface area contributed by atoms with E-state index in [4.69, 9.17) is 10.5 Å². The lowest BCUT2D eigenvalue weighted by molar-refractivity contribution is -0.0249. The number of ether oxygens (including phenoxy) is 1. The van der Waals surface area contributed by atoms with Gasteiger partial charge in [0, 0.05) is 12.6 Å². The summed E-state index contributed by atoms with van der Waals surface area (Å²) in [6.07, 6.45) is 6.07. The largest absolute Gasteiger partial charge is 0.444 e. The number of amides is 1. The van der Waals surface area contributed by atoms with E-state index >= 15 is 0 Å². The fourth-order valence-corrected chi connectivity index (χ4v) is 3.18. The zero-order chi connectivity index (χ0) is 13.9. The number of rotatable bonds is 5. The second kappa shape index (κ2) is 6.09. The molecular weight excluding hydrogens is 244 g/mol. The molecule has 1 aliphatic carbocycles. The summed E-state index contributed by atoms with van der Waals surface area (Å²) in [5.41, 5.74) is 5.33. The Morgan fingerprint density at radius 1 is 1.53 bits per heavy atom. The van der Waals surface area contributed by atoms with Gasteiger partial charge < -0.3 is 20.5 Å². The molecule has 19 heavy (non-hydrogen) atoms. The van der Waals surface area contributed by atoms with Gasteiger partial charge in [-0.25, -0.2) is 4.79 Å². The van der Waals surface area contributed by atoms with Gasteiger partial charge in [-0.05, 0) is 39.0 Å². The summed E-state index contributed by atoms with van der Waals surface area (Å²) in [6.45, 7) is 3.33. The van der Waals surface area contributed by atoms with Crippen LogP contribution in [0.4, 0.5) is 4.79 Å². The van der Waals surface area contributed by atoms with Crippen molar-refractivity contribution in [1.82, 2.24) is 4.90 Å². The molecular formula is C14H26N2O3. The maximum Gasteiger partial charge on any atom is 0.410 e. The molecule has 3 atom stereocenters. The third-order valence-corrected chi connectivity index (χ3v) is 4.53. The van der Waals surface area contributed by atoms with Gasteiger partial charge in [0.15, 0.2) is 0 Å². The molecule has 0 aromatic rings. The van der Waals surface area contributed by atoms with Crippen LogP contribution in [0, 0.1) is 0 Å². The number of hydrogen-bond donors (Lipinski definition) is 2. The van der Waals surface area contributed by atoms with Gasteiger partial charge in [0.2, 0.25) is 0 Å². The Bertz CT molecular complexity index is 324. The number of likely N-dealkylation sites (N-methyl/N-ethyl adjacent to an activating group) is 1. The van der Waals surface area contributed by atoms with Gasteiger partial charge in [-0.15, -0.1) is 0 Å². The molecule has 3 N–H and O–H groups in total. The van der Waals surface area contributed by atoms with Crippen molar-refractivity contribution in [1.29, 1.82) is 0 Å². The third kappa shape index (κ3) is 3.39. The molecule has 0 aromatic heterocycles. The number of carbonyl (C=O) groups excluding carboxylic acids is 1. The van der Waals surface area contributed by atoms with Crippen molar-refractivity contribution in [3.05, 3.63) is 0 Å². The first-order valence-corrected chi connectivity index (χ1v) is 7.48. The van der Waals surface area contributed by atoms with E-state index in [2.05, 4.69) is 0 Å². The van der Waals surface area contributed by atoms with Crippen LogP contribution in [-0.4, -0.2) is 46.9 Å². The van der Waals surface area contributed by atoms with E-state index in [-0.39, 0.29) is 18.2 Å². The molecule has 2 fully saturated rings. The average Bonchev–Trinajstić information content (AvgIpc) is 2.74. The van der Waals surface area contributed by atoms with Crippen molar-refractivity contribution < 1.29 is 14.6 Å². The van der Waals surface area contributed by atoms with Crippen molar-refractivity contribution in [3.63, 3.8) is 0 Å². The second-order valence-corrected chi connectivity index (χ2v) is 5.89. The fourth-order valence-electron chi connectivity index (χ4n) is 3.18. The van der Waals surface area contributed by atoms with E-state index in [9.17, 15) is 9.90 Å². The third-order valence-electron chi connectivity index (χ3n) is 4.53. The average molecular weight is 270 g/mol. The minimum atomic E-state index is -0.703. The minimum Gasteiger partial charge on any atom is -0.444 e.